The standard InChI is InChI=1S/C65H94O12Si8/c1-49-47-53(41-43-59(49)68-63(66)70-61-39-27-21-31-51(61)33-29-45-84(19,74-80(9,10)11)76-82(15,16)72-78(3,4)5)65(57-37-25-23-35-55(57)56-36-24-26-38-58(56)65)54-42-44-60(50(2)48-54)69-64(67)71-62-40-28-22-32-52(62)34-30-46-85(20,75-81(12,13)14)77-83(17,18)73-79(6,7)8/h21-28,31-32,35-44,47-48H,29-30,33-34,45-46H2,1-20H3. The molecule has 6 aromatic carbocycles. The highest BCUT2D eigenvalue weighted by Gasteiger charge is 2.48. The molecule has 85 heavy (non-hydrogen) atoms. The number of benzene rings is 6. The first-order valence-electron chi connectivity index (χ1n) is 29.9. The monoisotopic (exact) mass is 1290 g/mol. The highest BCUT2D eigenvalue weighted by Crippen LogP contribution is 2.57. The van der Waals surface area contributed by atoms with Crippen LogP contribution in [0.1, 0.15) is 57.3 Å². The van der Waals surface area contributed by atoms with Crippen molar-refractivity contribution in [1.29, 1.82) is 0 Å². The van der Waals surface area contributed by atoms with Crippen molar-refractivity contribution in [2.24, 2.45) is 0 Å². The molecule has 6 aromatic rings. The second-order valence-corrected chi connectivity index (χ2v) is 60.7. The van der Waals surface area contributed by atoms with Crippen LogP contribution in [-0.4, -0.2) is 79.8 Å². The summed E-state index contributed by atoms with van der Waals surface area (Å²) in [6, 6.07) is 45.7. The third kappa shape index (κ3) is 18.7. The quantitative estimate of drug-likeness (QED) is 0.0291. The van der Waals surface area contributed by atoms with Crippen LogP contribution in [0, 0.1) is 13.8 Å². The Kier molecular flexibility index (Phi) is 21.2. The summed E-state index contributed by atoms with van der Waals surface area (Å²) in [6.07, 6.45) is 1.25. The van der Waals surface area contributed by atoms with E-state index in [0.29, 0.717) is 35.8 Å². The van der Waals surface area contributed by atoms with Gasteiger partial charge in [0, 0.05) is 0 Å². The minimum Gasteiger partial charge on any atom is -0.437 e. The third-order valence-electron chi connectivity index (χ3n) is 14.1. The van der Waals surface area contributed by atoms with Gasteiger partial charge in [0.05, 0.1) is 5.41 Å². The van der Waals surface area contributed by atoms with Crippen LogP contribution in [0.25, 0.3) is 11.1 Å². The molecule has 0 fully saturated rings. The molecule has 1 aliphatic carbocycles. The van der Waals surface area contributed by atoms with Crippen molar-refractivity contribution in [2.75, 3.05) is 0 Å². The molecular weight excluding hydrogens is 1200 g/mol. The first kappa shape index (κ1) is 67.9. The molecule has 2 unspecified atom stereocenters. The Morgan fingerprint density at radius 1 is 0.365 bits per heavy atom. The molecule has 0 heterocycles. The number of carbonyl (C=O) groups excluding carboxylic acids is 2. The van der Waals surface area contributed by atoms with Gasteiger partial charge in [0.1, 0.15) is 23.0 Å². The lowest BCUT2D eigenvalue weighted by molar-refractivity contribution is 0.150. The van der Waals surface area contributed by atoms with Gasteiger partial charge < -0.3 is 43.6 Å². The van der Waals surface area contributed by atoms with E-state index in [2.05, 4.69) is 179 Å². The van der Waals surface area contributed by atoms with Crippen LogP contribution in [0.15, 0.2) is 133 Å². The van der Waals surface area contributed by atoms with Crippen LogP contribution in [0.5, 0.6) is 23.0 Å². The first-order chi connectivity index (χ1) is 39.4. The van der Waals surface area contributed by atoms with Gasteiger partial charge in [-0.2, -0.15) is 0 Å². The number of aryl methyl sites for hydroxylation is 4. The number of para-hydroxylation sites is 2. The summed E-state index contributed by atoms with van der Waals surface area (Å²) in [5.74, 6) is 1.67. The zero-order valence-electron chi connectivity index (χ0n) is 54.3. The topological polar surface area (TPSA) is 126 Å². The molecule has 20 heteroatoms. The molecule has 0 N–H and O–H groups in total. The van der Waals surface area contributed by atoms with E-state index in [1.54, 1.807) is 0 Å². The summed E-state index contributed by atoms with van der Waals surface area (Å²) in [4.78, 5) is 27.6. The highest BCUT2D eigenvalue weighted by atomic mass is 28.5. The first-order valence-corrected chi connectivity index (χ1v) is 54.3. The summed E-state index contributed by atoms with van der Waals surface area (Å²) in [6.45, 7) is 43.2. The zero-order valence-corrected chi connectivity index (χ0v) is 62.3. The van der Waals surface area contributed by atoms with Crippen LogP contribution in [0.2, 0.25) is 130 Å². The average molecular weight is 1290 g/mol. The molecule has 2 atom stereocenters. The molecular formula is C65H94O12Si8. The van der Waals surface area contributed by atoms with E-state index in [9.17, 15) is 9.59 Å². The van der Waals surface area contributed by atoms with Crippen molar-refractivity contribution in [3.8, 4) is 34.1 Å². The van der Waals surface area contributed by atoms with Crippen LogP contribution in [0.4, 0.5) is 9.59 Å². The van der Waals surface area contributed by atoms with Crippen molar-refractivity contribution in [2.45, 2.75) is 175 Å². The molecule has 0 saturated carbocycles. The summed E-state index contributed by atoms with van der Waals surface area (Å²) in [5, 5.41) is 0. The summed E-state index contributed by atoms with van der Waals surface area (Å²) < 4.78 is 64.9. The number of hydrogen-bond donors (Lipinski definition) is 0. The fourth-order valence-corrected chi connectivity index (χ4v) is 48.3. The van der Waals surface area contributed by atoms with Crippen molar-refractivity contribution >= 4 is 79.8 Å². The van der Waals surface area contributed by atoms with Crippen LogP contribution < -0.4 is 18.9 Å². The van der Waals surface area contributed by atoms with Crippen molar-refractivity contribution in [3.05, 3.63) is 178 Å². The smallest absolute Gasteiger partial charge is 0.437 e. The fraction of sp³-hybridized carbons (Fsp3) is 0.415. The largest absolute Gasteiger partial charge is 0.519 e. The van der Waals surface area contributed by atoms with Gasteiger partial charge in [0.15, 0.2) is 33.3 Å². The van der Waals surface area contributed by atoms with E-state index in [4.69, 9.17) is 43.6 Å². The molecule has 0 aliphatic heterocycles. The number of rotatable bonds is 26. The predicted octanol–water partition coefficient (Wildman–Crippen LogP) is 18.7. The summed E-state index contributed by atoms with van der Waals surface area (Å²) in [5.41, 5.74) is 8.89. The number of hydrogen-bond acceptors (Lipinski definition) is 12. The normalized spacial score (nSPS) is 15.1. The third-order valence-corrected chi connectivity index (χ3v) is 41.2. The van der Waals surface area contributed by atoms with E-state index in [1.807, 2.05) is 86.6 Å². The van der Waals surface area contributed by atoms with Gasteiger partial charge in [-0.05, 0) is 249 Å². The van der Waals surface area contributed by atoms with E-state index < -0.39 is 85.2 Å². The average Bonchev–Trinajstić information content (AvgIpc) is 1.59. The van der Waals surface area contributed by atoms with Gasteiger partial charge in [-0.15, -0.1) is 0 Å². The van der Waals surface area contributed by atoms with Gasteiger partial charge in [0.2, 0.25) is 0 Å². The van der Waals surface area contributed by atoms with Gasteiger partial charge in [0.25, 0.3) is 0 Å². The summed E-state index contributed by atoms with van der Waals surface area (Å²) in [7, 11) is -17.8. The van der Waals surface area contributed by atoms with Crippen LogP contribution >= 0.6 is 0 Å². The zero-order chi connectivity index (χ0) is 62.6. The second kappa shape index (κ2) is 26.6. The van der Waals surface area contributed by atoms with E-state index in [1.165, 1.54) is 0 Å². The molecule has 0 saturated heterocycles. The minimum absolute atomic E-state index is 0.384. The molecule has 0 spiro atoms. The maximum absolute atomic E-state index is 13.8. The van der Waals surface area contributed by atoms with Gasteiger partial charge in [-0.1, -0.05) is 109 Å². The van der Waals surface area contributed by atoms with Crippen LogP contribution in [0.3, 0.4) is 0 Å². The van der Waals surface area contributed by atoms with E-state index >= 15 is 0 Å². The Labute approximate surface area is 516 Å². The molecule has 458 valence electrons. The summed E-state index contributed by atoms with van der Waals surface area (Å²) >= 11 is 0. The molecule has 0 bridgehead atoms. The number of fused-ring (bicyclic) bond motifs is 3. The molecule has 0 aromatic heterocycles. The number of ether oxygens (including phenoxy) is 4. The van der Waals surface area contributed by atoms with Gasteiger partial charge >= 0.3 is 46.6 Å². The highest BCUT2D eigenvalue weighted by molar-refractivity contribution is 6.90. The second-order valence-electron chi connectivity index (χ2n) is 27.8. The molecule has 1 aliphatic rings. The Balaban J connectivity index is 1.09. The van der Waals surface area contributed by atoms with Crippen molar-refractivity contribution in [1.82, 2.24) is 0 Å². The Hall–Kier alpha value is -4.64. The SMILES string of the molecule is Cc1cc(C2(c3ccc(OC(=O)Oc4ccccc4CCC[Si](C)(O[Si](C)(C)C)O[Si](C)(C)O[Si](C)(C)C)c(C)c3)c3ccccc3-c3ccccc32)ccc1OC(=O)Oc1ccccc1CCC[Si](C)(O[Si](C)(C)C)O[Si](C)(C)O[Si](C)(C)C. The van der Waals surface area contributed by atoms with E-state index in [0.717, 1.165) is 80.6 Å². The molecule has 12 nitrogen and oxygen atoms in total. The Morgan fingerprint density at radius 3 is 1.02 bits per heavy atom. The Bertz CT molecular complexity index is 3110. The van der Waals surface area contributed by atoms with Gasteiger partial charge in [-0.25, -0.2) is 9.59 Å². The van der Waals surface area contributed by atoms with Crippen molar-refractivity contribution < 1.29 is 53.2 Å². The van der Waals surface area contributed by atoms with Crippen molar-refractivity contribution in [3.63, 3.8) is 0 Å². The molecule has 0 amide bonds. The maximum atomic E-state index is 13.8. The molecule has 7 rings (SSSR count). The predicted molar refractivity (Wildman–Crippen MR) is 364 cm³/mol. The fourth-order valence-electron chi connectivity index (χ4n) is 12.3. The van der Waals surface area contributed by atoms with Crippen LogP contribution in [-0.2, 0) is 42.9 Å². The van der Waals surface area contributed by atoms with E-state index in [-0.39, 0.29) is 0 Å². The lowest BCUT2D eigenvalue weighted by atomic mass is 9.67. The lowest BCUT2D eigenvalue weighted by Crippen LogP contribution is -2.56. The maximum Gasteiger partial charge on any atom is 0.519 e. The molecule has 0 radical (unpaired) electrons. The minimum atomic E-state index is -2.65. The Morgan fingerprint density at radius 2 is 0.682 bits per heavy atom. The number of carbonyl (C=O) groups is 2. The van der Waals surface area contributed by atoms with Gasteiger partial charge in [-0.3, -0.25) is 0 Å². The lowest BCUT2D eigenvalue weighted by Gasteiger charge is -2.41.